The van der Waals surface area contributed by atoms with Gasteiger partial charge in [-0.2, -0.15) is 0 Å². The van der Waals surface area contributed by atoms with Crippen molar-refractivity contribution in [1.29, 1.82) is 0 Å². The molecule has 0 aliphatic carbocycles. The van der Waals surface area contributed by atoms with Crippen LogP contribution < -0.4 is 0 Å². The molecule has 0 bridgehead atoms. The van der Waals surface area contributed by atoms with Crippen molar-refractivity contribution in [1.82, 2.24) is 0 Å². The molecule has 0 heterocycles. The fraction of sp³-hybridized carbons (Fsp3) is 0.875. The highest BCUT2D eigenvalue weighted by atomic mass is 35.5. The first-order valence-corrected chi connectivity index (χ1v) is 8.16. The summed E-state index contributed by atoms with van der Waals surface area (Å²) in [6.07, 6.45) is 20.9. The van der Waals surface area contributed by atoms with Crippen molar-refractivity contribution in [3.63, 3.8) is 0 Å². The van der Waals surface area contributed by atoms with Crippen LogP contribution in [0.2, 0.25) is 0 Å². The smallest absolute Gasteiger partial charge is 0.0223 e. The van der Waals surface area contributed by atoms with Crippen LogP contribution >= 0.6 is 11.6 Å². The normalized spacial score (nSPS) is 11.4. The van der Waals surface area contributed by atoms with Crippen LogP contribution in [0.1, 0.15) is 84.0 Å². The van der Waals surface area contributed by atoms with Crippen LogP contribution in [0.4, 0.5) is 0 Å². The van der Waals surface area contributed by atoms with E-state index in [4.69, 9.17) is 11.6 Å². The van der Waals surface area contributed by atoms with E-state index in [0.29, 0.717) is 0 Å². The second-order valence-electron chi connectivity index (χ2n) is 4.92. The molecule has 0 amide bonds. The molecule has 0 saturated heterocycles. The maximum Gasteiger partial charge on any atom is 0.0223 e. The molecule has 0 rings (SSSR count). The molecule has 0 saturated carbocycles. The van der Waals surface area contributed by atoms with Crippen molar-refractivity contribution in [3.05, 3.63) is 12.2 Å². The molecular formula is C16H31Cl. The summed E-state index contributed by atoms with van der Waals surface area (Å²) in [4.78, 5) is 0. The molecule has 0 aliphatic rings. The SMILES string of the molecule is CCCCCCCC/C=C/CCCCCCCl. The first-order valence-electron chi connectivity index (χ1n) is 7.62. The number of halogens is 1. The summed E-state index contributed by atoms with van der Waals surface area (Å²) in [7, 11) is 0. The molecule has 102 valence electrons. The van der Waals surface area contributed by atoms with Gasteiger partial charge in [-0.3, -0.25) is 0 Å². The Morgan fingerprint density at radius 3 is 1.65 bits per heavy atom. The molecule has 0 nitrogen and oxygen atoms in total. The van der Waals surface area contributed by atoms with Gasteiger partial charge in [0.2, 0.25) is 0 Å². The number of allylic oxidation sites excluding steroid dienone is 2. The van der Waals surface area contributed by atoms with Gasteiger partial charge in [0.25, 0.3) is 0 Å². The van der Waals surface area contributed by atoms with Gasteiger partial charge in [-0.1, -0.05) is 64.0 Å². The first-order chi connectivity index (χ1) is 8.41. The van der Waals surface area contributed by atoms with Gasteiger partial charge in [0.1, 0.15) is 0 Å². The molecule has 0 radical (unpaired) electrons. The summed E-state index contributed by atoms with van der Waals surface area (Å²) in [5.41, 5.74) is 0. The first kappa shape index (κ1) is 17.0. The molecule has 0 N–H and O–H groups in total. The third-order valence-corrected chi connectivity index (χ3v) is 3.41. The number of rotatable bonds is 13. The molecule has 0 atom stereocenters. The number of unbranched alkanes of at least 4 members (excludes halogenated alkanes) is 10. The van der Waals surface area contributed by atoms with Crippen molar-refractivity contribution < 1.29 is 0 Å². The Bertz CT molecular complexity index is 152. The molecule has 1 heteroatoms. The molecule has 0 unspecified atom stereocenters. The minimum atomic E-state index is 0.827. The minimum Gasteiger partial charge on any atom is -0.127 e. The Kier molecular flexibility index (Phi) is 16.1. The van der Waals surface area contributed by atoms with Crippen LogP contribution in [-0.2, 0) is 0 Å². The van der Waals surface area contributed by atoms with E-state index in [-0.39, 0.29) is 0 Å². The summed E-state index contributed by atoms with van der Waals surface area (Å²) in [5.74, 6) is 0.827. The van der Waals surface area contributed by atoms with Gasteiger partial charge in [-0.05, 0) is 32.1 Å². The van der Waals surface area contributed by atoms with Gasteiger partial charge in [0.05, 0.1) is 0 Å². The van der Waals surface area contributed by atoms with E-state index in [2.05, 4.69) is 19.1 Å². The topological polar surface area (TPSA) is 0 Å². The molecule has 0 aromatic heterocycles. The largest absolute Gasteiger partial charge is 0.127 e. The lowest BCUT2D eigenvalue weighted by Crippen LogP contribution is -1.79. The fourth-order valence-electron chi connectivity index (χ4n) is 1.99. The fourth-order valence-corrected chi connectivity index (χ4v) is 2.18. The van der Waals surface area contributed by atoms with E-state index in [1.54, 1.807) is 0 Å². The van der Waals surface area contributed by atoms with E-state index in [1.165, 1.54) is 77.0 Å². The highest BCUT2D eigenvalue weighted by Crippen LogP contribution is 2.08. The van der Waals surface area contributed by atoms with Crippen LogP contribution in [0.3, 0.4) is 0 Å². The van der Waals surface area contributed by atoms with Crippen LogP contribution in [0.5, 0.6) is 0 Å². The quantitative estimate of drug-likeness (QED) is 0.201. The van der Waals surface area contributed by atoms with Crippen LogP contribution in [-0.4, -0.2) is 5.88 Å². The lowest BCUT2D eigenvalue weighted by Gasteiger charge is -1.98. The Hall–Kier alpha value is 0.0300. The van der Waals surface area contributed by atoms with Gasteiger partial charge >= 0.3 is 0 Å². The van der Waals surface area contributed by atoms with Gasteiger partial charge in [-0.25, -0.2) is 0 Å². The summed E-state index contributed by atoms with van der Waals surface area (Å²) in [6, 6.07) is 0. The summed E-state index contributed by atoms with van der Waals surface area (Å²) in [6.45, 7) is 2.27. The standard InChI is InChI=1S/C16H31Cl/c1-2-3-4-5-6-7-8-9-10-11-12-13-14-15-16-17/h9-10H,2-8,11-16H2,1H3/b10-9+. The third-order valence-electron chi connectivity index (χ3n) is 3.15. The Morgan fingerprint density at radius 2 is 1.12 bits per heavy atom. The lowest BCUT2D eigenvalue weighted by molar-refractivity contribution is 0.610. The molecule has 0 spiro atoms. The Balaban J connectivity index is 2.99. The van der Waals surface area contributed by atoms with E-state index < -0.39 is 0 Å². The molecule has 0 aromatic rings. The predicted molar refractivity (Wildman–Crippen MR) is 80.9 cm³/mol. The van der Waals surface area contributed by atoms with Gasteiger partial charge in [0, 0.05) is 5.88 Å². The monoisotopic (exact) mass is 258 g/mol. The zero-order valence-electron chi connectivity index (χ0n) is 11.7. The van der Waals surface area contributed by atoms with Crippen molar-refractivity contribution in [2.45, 2.75) is 84.0 Å². The maximum absolute atomic E-state index is 5.63. The van der Waals surface area contributed by atoms with Gasteiger partial charge in [0.15, 0.2) is 0 Å². The highest BCUT2D eigenvalue weighted by Gasteiger charge is 1.89. The minimum absolute atomic E-state index is 0.827. The lowest BCUT2D eigenvalue weighted by atomic mass is 10.1. The van der Waals surface area contributed by atoms with E-state index in [1.807, 2.05) is 0 Å². The number of hydrogen-bond acceptors (Lipinski definition) is 0. The Labute approximate surface area is 114 Å². The van der Waals surface area contributed by atoms with Crippen molar-refractivity contribution in [2.75, 3.05) is 5.88 Å². The summed E-state index contributed by atoms with van der Waals surface area (Å²) >= 11 is 5.63. The maximum atomic E-state index is 5.63. The summed E-state index contributed by atoms with van der Waals surface area (Å²) in [5, 5.41) is 0. The van der Waals surface area contributed by atoms with E-state index >= 15 is 0 Å². The van der Waals surface area contributed by atoms with E-state index in [0.717, 1.165) is 5.88 Å². The molecule has 0 fully saturated rings. The van der Waals surface area contributed by atoms with Gasteiger partial charge in [-0.15, -0.1) is 11.6 Å². The zero-order valence-corrected chi connectivity index (χ0v) is 12.5. The molecule has 17 heavy (non-hydrogen) atoms. The van der Waals surface area contributed by atoms with Crippen molar-refractivity contribution >= 4 is 11.6 Å². The van der Waals surface area contributed by atoms with Crippen molar-refractivity contribution in [3.8, 4) is 0 Å². The zero-order chi connectivity index (χ0) is 12.6. The van der Waals surface area contributed by atoms with Crippen LogP contribution in [0.15, 0.2) is 12.2 Å². The summed E-state index contributed by atoms with van der Waals surface area (Å²) < 4.78 is 0. The average molecular weight is 259 g/mol. The average Bonchev–Trinajstić information content (AvgIpc) is 2.35. The second kappa shape index (κ2) is 16.0. The van der Waals surface area contributed by atoms with Crippen LogP contribution in [0, 0.1) is 0 Å². The van der Waals surface area contributed by atoms with Gasteiger partial charge < -0.3 is 0 Å². The van der Waals surface area contributed by atoms with Crippen molar-refractivity contribution in [2.24, 2.45) is 0 Å². The number of alkyl halides is 1. The molecule has 0 aliphatic heterocycles. The highest BCUT2D eigenvalue weighted by molar-refractivity contribution is 6.17. The third kappa shape index (κ3) is 16.0. The predicted octanol–water partition coefficient (Wildman–Crippen LogP) is 6.48. The Morgan fingerprint density at radius 1 is 0.647 bits per heavy atom. The van der Waals surface area contributed by atoms with E-state index in [9.17, 15) is 0 Å². The second-order valence-corrected chi connectivity index (χ2v) is 5.30. The molecular weight excluding hydrogens is 228 g/mol. The molecule has 0 aromatic carbocycles. The number of hydrogen-bond donors (Lipinski definition) is 0. The van der Waals surface area contributed by atoms with Crippen LogP contribution in [0.25, 0.3) is 0 Å².